The molecule has 0 spiro atoms. The SMILES string of the molecule is COC(=O)[C@@H]1C(=O)Nc2sc(C(=O)c3ccccc3)c(N)c2[C@H]1c1ccccc1. The van der Waals surface area contributed by atoms with Gasteiger partial charge in [0.15, 0.2) is 0 Å². The number of esters is 1. The normalized spacial score (nSPS) is 17.9. The first-order valence-corrected chi connectivity index (χ1v) is 9.80. The number of carbonyl (C=O) groups is 3. The predicted octanol–water partition coefficient (Wildman–Crippen LogP) is 3.43. The Balaban J connectivity index is 1.89. The van der Waals surface area contributed by atoms with E-state index in [1.807, 2.05) is 36.4 Å². The predicted molar refractivity (Wildman–Crippen MR) is 111 cm³/mol. The third kappa shape index (κ3) is 3.19. The number of amides is 1. The number of thiophene rings is 1. The number of nitrogen functional groups attached to an aromatic ring is 1. The molecule has 0 aliphatic carbocycles. The van der Waals surface area contributed by atoms with Crippen molar-refractivity contribution in [3.05, 3.63) is 82.2 Å². The van der Waals surface area contributed by atoms with Crippen LogP contribution >= 0.6 is 11.3 Å². The van der Waals surface area contributed by atoms with Gasteiger partial charge < -0.3 is 15.8 Å². The van der Waals surface area contributed by atoms with E-state index in [1.54, 1.807) is 24.3 Å². The van der Waals surface area contributed by atoms with E-state index in [4.69, 9.17) is 10.5 Å². The van der Waals surface area contributed by atoms with Crippen LogP contribution in [-0.2, 0) is 14.3 Å². The molecule has 1 aliphatic heterocycles. The van der Waals surface area contributed by atoms with Crippen molar-refractivity contribution in [2.24, 2.45) is 5.92 Å². The smallest absolute Gasteiger partial charge is 0.319 e. The lowest BCUT2D eigenvalue weighted by Crippen LogP contribution is -2.39. The van der Waals surface area contributed by atoms with E-state index in [0.717, 1.165) is 16.9 Å². The second kappa shape index (κ2) is 7.52. The fourth-order valence-corrected chi connectivity index (χ4v) is 4.78. The zero-order chi connectivity index (χ0) is 20.5. The van der Waals surface area contributed by atoms with Gasteiger partial charge in [0.1, 0.15) is 15.8 Å². The van der Waals surface area contributed by atoms with Crippen LogP contribution in [-0.4, -0.2) is 24.8 Å². The molecule has 146 valence electrons. The molecule has 2 atom stereocenters. The van der Waals surface area contributed by atoms with Crippen LogP contribution in [0.3, 0.4) is 0 Å². The first-order chi connectivity index (χ1) is 14.0. The molecule has 7 heteroatoms. The van der Waals surface area contributed by atoms with Gasteiger partial charge in [-0.15, -0.1) is 11.3 Å². The number of hydrogen-bond acceptors (Lipinski definition) is 6. The van der Waals surface area contributed by atoms with Gasteiger partial charge >= 0.3 is 5.97 Å². The zero-order valence-corrected chi connectivity index (χ0v) is 16.4. The number of rotatable bonds is 4. The van der Waals surface area contributed by atoms with E-state index < -0.39 is 23.7 Å². The molecular formula is C22H18N2O4S. The van der Waals surface area contributed by atoms with Crippen molar-refractivity contribution < 1.29 is 19.1 Å². The fourth-order valence-electron chi connectivity index (χ4n) is 3.64. The molecule has 29 heavy (non-hydrogen) atoms. The second-order valence-corrected chi connectivity index (χ2v) is 7.68. The van der Waals surface area contributed by atoms with Crippen molar-refractivity contribution in [3.63, 3.8) is 0 Å². The van der Waals surface area contributed by atoms with E-state index in [-0.39, 0.29) is 11.5 Å². The topological polar surface area (TPSA) is 98.5 Å². The highest BCUT2D eigenvalue weighted by atomic mass is 32.1. The van der Waals surface area contributed by atoms with E-state index in [9.17, 15) is 14.4 Å². The van der Waals surface area contributed by atoms with E-state index >= 15 is 0 Å². The molecule has 4 rings (SSSR count). The van der Waals surface area contributed by atoms with Crippen LogP contribution in [0.25, 0.3) is 0 Å². The Labute approximate surface area is 171 Å². The first-order valence-electron chi connectivity index (χ1n) is 8.98. The highest BCUT2D eigenvalue weighted by Gasteiger charge is 2.45. The van der Waals surface area contributed by atoms with Crippen LogP contribution < -0.4 is 11.1 Å². The highest BCUT2D eigenvalue weighted by molar-refractivity contribution is 7.19. The maximum absolute atomic E-state index is 13.0. The summed E-state index contributed by atoms with van der Waals surface area (Å²) in [5.41, 5.74) is 8.54. The van der Waals surface area contributed by atoms with Crippen LogP contribution in [0.1, 0.15) is 32.3 Å². The average Bonchev–Trinajstić information content (AvgIpc) is 3.08. The minimum atomic E-state index is -1.09. The molecule has 0 saturated heterocycles. The van der Waals surface area contributed by atoms with Crippen LogP contribution in [0.4, 0.5) is 10.7 Å². The van der Waals surface area contributed by atoms with Crippen molar-refractivity contribution in [1.29, 1.82) is 0 Å². The molecule has 6 nitrogen and oxygen atoms in total. The monoisotopic (exact) mass is 406 g/mol. The molecule has 3 N–H and O–H groups in total. The molecule has 1 aromatic heterocycles. The Kier molecular flexibility index (Phi) is 4.90. The Morgan fingerprint density at radius 1 is 1.03 bits per heavy atom. The summed E-state index contributed by atoms with van der Waals surface area (Å²) < 4.78 is 4.89. The molecule has 1 amide bonds. The minimum absolute atomic E-state index is 0.224. The van der Waals surface area contributed by atoms with Crippen LogP contribution in [0.15, 0.2) is 60.7 Å². The quantitative estimate of drug-likeness (QED) is 0.393. The summed E-state index contributed by atoms with van der Waals surface area (Å²) in [6.45, 7) is 0. The van der Waals surface area contributed by atoms with Crippen molar-refractivity contribution >= 4 is 39.7 Å². The van der Waals surface area contributed by atoms with Gasteiger partial charge in [0.2, 0.25) is 11.7 Å². The fraction of sp³-hybridized carbons (Fsp3) is 0.136. The molecule has 0 bridgehead atoms. The largest absolute Gasteiger partial charge is 0.468 e. The third-order valence-corrected chi connectivity index (χ3v) is 6.14. The van der Waals surface area contributed by atoms with E-state index in [2.05, 4.69) is 5.32 Å². The molecular weight excluding hydrogens is 388 g/mol. The lowest BCUT2D eigenvalue weighted by Gasteiger charge is -2.30. The van der Waals surface area contributed by atoms with E-state index in [0.29, 0.717) is 21.0 Å². The van der Waals surface area contributed by atoms with Crippen LogP contribution in [0, 0.1) is 5.92 Å². The molecule has 0 fully saturated rings. The number of anilines is 2. The molecule has 0 saturated carbocycles. The molecule has 0 radical (unpaired) electrons. The third-order valence-electron chi connectivity index (χ3n) is 5.00. The Morgan fingerprint density at radius 2 is 1.66 bits per heavy atom. The lowest BCUT2D eigenvalue weighted by atomic mass is 9.78. The van der Waals surface area contributed by atoms with Gasteiger partial charge in [-0.3, -0.25) is 14.4 Å². The first kappa shape index (κ1) is 18.9. The van der Waals surface area contributed by atoms with Crippen molar-refractivity contribution in [2.45, 2.75) is 5.92 Å². The van der Waals surface area contributed by atoms with E-state index in [1.165, 1.54) is 7.11 Å². The summed E-state index contributed by atoms with van der Waals surface area (Å²) in [5.74, 6) is -3.08. The van der Waals surface area contributed by atoms with Crippen molar-refractivity contribution in [2.75, 3.05) is 18.2 Å². The molecule has 2 aromatic carbocycles. The van der Waals surface area contributed by atoms with Gasteiger partial charge in [-0.05, 0) is 5.56 Å². The standard InChI is InChI=1S/C22H18N2O4S/c1-28-22(27)16-14(12-8-4-2-5-9-12)15-17(23)19(29-21(15)24-20(16)26)18(25)13-10-6-3-7-11-13/h2-11,14,16H,23H2,1H3,(H,24,26)/t14-,16+/m1/s1. The molecule has 1 aliphatic rings. The van der Waals surface area contributed by atoms with Crippen LogP contribution in [0.2, 0.25) is 0 Å². The number of methoxy groups -OCH3 is 1. The minimum Gasteiger partial charge on any atom is -0.468 e. The summed E-state index contributed by atoms with van der Waals surface area (Å²) in [6.07, 6.45) is 0. The number of carbonyl (C=O) groups excluding carboxylic acids is 3. The molecule has 0 unspecified atom stereocenters. The second-order valence-electron chi connectivity index (χ2n) is 6.66. The number of nitrogens with one attached hydrogen (secondary N) is 1. The van der Waals surface area contributed by atoms with Gasteiger partial charge in [0.05, 0.1) is 12.8 Å². The lowest BCUT2D eigenvalue weighted by molar-refractivity contribution is -0.149. The Morgan fingerprint density at radius 3 is 2.28 bits per heavy atom. The summed E-state index contributed by atoms with van der Waals surface area (Å²) in [5, 5.41) is 3.23. The van der Waals surface area contributed by atoms with Gasteiger partial charge in [-0.25, -0.2) is 0 Å². The van der Waals surface area contributed by atoms with Crippen molar-refractivity contribution in [1.82, 2.24) is 0 Å². The van der Waals surface area contributed by atoms with Crippen LogP contribution in [0.5, 0.6) is 0 Å². The highest BCUT2D eigenvalue weighted by Crippen LogP contribution is 2.49. The molecule has 3 aromatic rings. The number of ketones is 1. The van der Waals surface area contributed by atoms with Gasteiger partial charge in [-0.1, -0.05) is 60.7 Å². The Bertz CT molecular complexity index is 1090. The Hall–Kier alpha value is -3.45. The number of hydrogen-bond donors (Lipinski definition) is 2. The van der Waals surface area contributed by atoms with Gasteiger partial charge in [-0.2, -0.15) is 0 Å². The van der Waals surface area contributed by atoms with Gasteiger partial charge in [0.25, 0.3) is 0 Å². The zero-order valence-electron chi connectivity index (χ0n) is 15.5. The summed E-state index contributed by atoms with van der Waals surface area (Å²) >= 11 is 1.13. The number of fused-ring (bicyclic) bond motifs is 1. The summed E-state index contributed by atoms with van der Waals surface area (Å²) in [6, 6.07) is 18.0. The summed E-state index contributed by atoms with van der Waals surface area (Å²) in [7, 11) is 1.24. The van der Waals surface area contributed by atoms with Gasteiger partial charge in [0, 0.05) is 17.0 Å². The maximum atomic E-state index is 13.0. The average molecular weight is 406 g/mol. The summed E-state index contributed by atoms with van der Waals surface area (Å²) in [4.78, 5) is 38.6. The maximum Gasteiger partial charge on any atom is 0.319 e. The number of ether oxygens (including phenoxy) is 1. The number of nitrogens with two attached hydrogens (primary N) is 1. The number of benzene rings is 2. The van der Waals surface area contributed by atoms with Crippen molar-refractivity contribution in [3.8, 4) is 0 Å². The molecule has 2 heterocycles.